The van der Waals surface area contributed by atoms with Crippen molar-refractivity contribution >= 4 is 12.0 Å². The highest BCUT2D eigenvalue weighted by Crippen LogP contribution is 2.08. The minimum atomic E-state index is -0.559. The van der Waals surface area contributed by atoms with Crippen LogP contribution in [-0.4, -0.2) is 26.0 Å². The number of aliphatic hydroxyl groups excluding tert-OH is 1. The van der Waals surface area contributed by atoms with Gasteiger partial charge in [-0.05, 0) is 42.2 Å². The van der Waals surface area contributed by atoms with Crippen LogP contribution in [-0.2, 0) is 24.2 Å². The average molecular weight is 360 g/mol. The maximum Gasteiger partial charge on any atom is 0.286 e. The lowest BCUT2D eigenvalue weighted by molar-refractivity contribution is -0.119. The Kier molecular flexibility index (Phi) is 6.25. The highest BCUT2D eigenvalue weighted by atomic mass is 16.3. The molecule has 6 heteroatoms. The number of nitrogens with one attached hydrogen (secondary N) is 1. The lowest BCUT2D eigenvalue weighted by Crippen LogP contribution is -2.24. The van der Waals surface area contributed by atoms with Crippen LogP contribution in [0.5, 0.6) is 0 Å². The zero-order valence-electron chi connectivity index (χ0n) is 14.7. The van der Waals surface area contributed by atoms with E-state index in [-0.39, 0.29) is 0 Å². The van der Waals surface area contributed by atoms with Gasteiger partial charge < -0.3 is 10.4 Å². The zero-order valence-corrected chi connectivity index (χ0v) is 14.7. The Balaban J connectivity index is 1.59. The van der Waals surface area contributed by atoms with Gasteiger partial charge in [0.05, 0.1) is 5.69 Å². The summed E-state index contributed by atoms with van der Waals surface area (Å²) in [4.78, 5) is 24.3. The van der Waals surface area contributed by atoms with Gasteiger partial charge in [-0.1, -0.05) is 30.3 Å². The molecule has 0 aliphatic carbocycles. The third-order valence-corrected chi connectivity index (χ3v) is 3.98. The summed E-state index contributed by atoms with van der Waals surface area (Å²) < 4.78 is 0. The van der Waals surface area contributed by atoms with Crippen molar-refractivity contribution in [3.8, 4) is 0 Å². The molecular formula is C21H20N4O2. The van der Waals surface area contributed by atoms with Crippen molar-refractivity contribution in [2.45, 2.75) is 19.4 Å². The molecule has 27 heavy (non-hydrogen) atoms. The smallest absolute Gasteiger partial charge is 0.286 e. The molecule has 0 aliphatic rings. The molecule has 0 atom stereocenters. The Hall–Kier alpha value is -3.54. The van der Waals surface area contributed by atoms with E-state index in [1.54, 1.807) is 30.6 Å². The lowest BCUT2D eigenvalue weighted by Gasteiger charge is -2.05. The Bertz CT molecular complexity index is 912. The van der Waals surface area contributed by atoms with Crippen molar-refractivity contribution in [1.29, 1.82) is 0 Å². The van der Waals surface area contributed by atoms with Crippen LogP contribution in [0.25, 0.3) is 6.08 Å². The molecule has 6 nitrogen and oxygen atoms in total. The molecule has 3 aromatic rings. The van der Waals surface area contributed by atoms with Gasteiger partial charge in [-0.25, -0.2) is 9.97 Å². The Morgan fingerprint density at radius 3 is 2.56 bits per heavy atom. The van der Waals surface area contributed by atoms with E-state index >= 15 is 0 Å². The van der Waals surface area contributed by atoms with E-state index in [0.29, 0.717) is 12.2 Å². The third kappa shape index (κ3) is 5.74. The molecular weight excluding hydrogens is 340 g/mol. The van der Waals surface area contributed by atoms with Crippen LogP contribution in [0, 0.1) is 0 Å². The Morgan fingerprint density at radius 2 is 1.78 bits per heavy atom. The first-order chi connectivity index (χ1) is 13.2. The van der Waals surface area contributed by atoms with E-state index in [2.05, 4.69) is 32.4 Å². The van der Waals surface area contributed by atoms with Gasteiger partial charge in [0.1, 0.15) is 6.33 Å². The fourth-order valence-electron chi connectivity index (χ4n) is 2.53. The number of hydrogen-bond acceptors (Lipinski definition) is 5. The van der Waals surface area contributed by atoms with Gasteiger partial charge in [0, 0.05) is 30.7 Å². The number of hydrogen-bond donors (Lipinski definition) is 2. The number of aryl methyl sites for hydroxylation is 2. The number of carbonyl (C=O) groups excluding carboxylic acids is 1. The molecule has 0 radical (unpaired) electrons. The van der Waals surface area contributed by atoms with Gasteiger partial charge in [-0.15, -0.1) is 0 Å². The highest BCUT2D eigenvalue weighted by Gasteiger charge is 2.08. The fraction of sp³-hybridized carbons (Fsp3) is 0.143. The lowest BCUT2D eigenvalue weighted by atomic mass is 10.1. The SMILES string of the molecule is O=C(NCc1ccncc1)/C(O)=C/c1cc(CCc2ccccc2)ncn1. The molecule has 2 aromatic heterocycles. The summed E-state index contributed by atoms with van der Waals surface area (Å²) in [5.41, 5.74) is 3.47. The fourth-order valence-corrected chi connectivity index (χ4v) is 2.53. The predicted molar refractivity (Wildman–Crippen MR) is 103 cm³/mol. The largest absolute Gasteiger partial charge is 0.503 e. The number of amides is 1. The number of aliphatic hydroxyl groups is 1. The van der Waals surface area contributed by atoms with E-state index in [4.69, 9.17) is 0 Å². The standard InChI is InChI=1S/C21H20N4O2/c26-20(21(27)23-14-17-8-10-22-11-9-17)13-19-12-18(24-15-25-19)7-6-16-4-2-1-3-5-16/h1-5,8-13,15,26H,6-7,14H2,(H,23,27)/b20-13-. The van der Waals surface area contributed by atoms with E-state index < -0.39 is 11.7 Å². The van der Waals surface area contributed by atoms with Crippen LogP contribution >= 0.6 is 0 Å². The van der Waals surface area contributed by atoms with Crippen LogP contribution in [0.4, 0.5) is 0 Å². The van der Waals surface area contributed by atoms with E-state index in [1.165, 1.54) is 18.0 Å². The molecule has 0 fully saturated rings. The predicted octanol–water partition coefficient (Wildman–Crippen LogP) is 2.87. The molecule has 2 heterocycles. The van der Waals surface area contributed by atoms with E-state index in [9.17, 15) is 9.90 Å². The molecule has 1 aromatic carbocycles. The summed E-state index contributed by atoms with van der Waals surface area (Å²) in [5, 5.41) is 12.7. The molecule has 3 rings (SSSR count). The molecule has 0 aliphatic heterocycles. The van der Waals surface area contributed by atoms with E-state index in [1.807, 2.05) is 18.2 Å². The molecule has 0 unspecified atom stereocenters. The quantitative estimate of drug-likeness (QED) is 0.500. The van der Waals surface area contributed by atoms with Crippen LogP contribution in [0.1, 0.15) is 22.5 Å². The average Bonchev–Trinajstić information content (AvgIpc) is 2.72. The Morgan fingerprint density at radius 1 is 1.00 bits per heavy atom. The van der Waals surface area contributed by atoms with Crippen LogP contribution in [0.15, 0.2) is 73.0 Å². The van der Waals surface area contributed by atoms with Gasteiger partial charge in [0.25, 0.3) is 5.91 Å². The summed E-state index contributed by atoms with van der Waals surface area (Å²) in [7, 11) is 0. The number of nitrogens with zero attached hydrogens (tertiary/aromatic N) is 3. The van der Waals surface area contributed by atoms with Crippen LogP contribution in [0.3, 0.4) is 0 Å². The summed E-state index contributed by atoms with van der Waals surface area (Å²) >= 11 is 0. The molecule has 0 saturated heterocycles. The normalized spacial score (nSPS) is 11.2. The molecule has 0 bridgehead atoms. The van der Waals surface area contributed by atoms with Crippen molar-refractivity contribution in [2.24, 2.45) is 0 Å². The van der Waals surface area contributed by atoms with Crippen LogP contribution < -0.4 is 5.32 Å². The summed E-state index contributed by atoms with van der Waals surface area (Å²) in [6.07, 6.45) is 7.69. The molecule has 0 saturated carbocycles. The Labute approximate surface area is 157 Å². The summed E-state index contributed by atoms with van der Waals surface area (Å²) in [5.74, 6) is -0.951. The van der Waals surface area contributed by atoms with Gasteiger partial charge in [-0.2, -0.15) is 0 Å². The minimum Gasteiger partial charge on any atom is -0.503 e. The second-order valence-corrected chi connectivity index (χ2v) is 5.99. The van der Waals surface area contributed by atoms with Crippen molar-refractivity contribution in [1.82, 2.24) is 20.3 Å². The number of aromatic nitrogens is 3. The number of benzene rings is 1. The van der Waals surface area contributed by atoms with E-state index in [0.717, 1.165) is 24.1 Å². The van der Waals surface area contributed by atoms with Crippen LogP contribution in [0.2, 0.25) is 0 Å². The van der Waals surface area contributed by atoms with Gasteiger partial charge >= 0.3 is 0 Å². The first-order valence-corrected chi connectivity index (χ1v) is 8.63. The van der Waals surface area contributed by atoms with Gasteiger partial charge in [0.15, 0.2) is 5.76 Å². The minimum absolute atomic E-state index is 0.311. The molecule has 136 valence electrons. The monoisotopic (exact) mass is 360 g/mol. The second kappa shape index (κ2) is 9.24. The topological polar surface area (TPSA) is 88.0 Å². The maximum absolute atomic E-state index is 12.0. The molecule has 2 N–H and O–H groups in total. The number of pyridine rings is 1. The first kappa shape index (κ1) is 18.3. The zero-order chi connectivity index (χ0) is 18.9. The van der Waals surface area contributed by atoms with Crippen molar-refractivity contribution in [3.05, 3.63) is 95.5 Å². The molecule has 0 spiro atoms. The number of rotatable bonds is 7. The maximum atomic E-state index is 12.0. The second-order valence-electron chi connectivity index (χ2n) is 5.99. The molecule has 1 amide bonds. The van der Waals surface area contributed by atoms with Crippen molar-refractivity contribution < 1.29 is 9.90 Å². The van der Waals surface area contributed by atoms with Crippen molar-refractivity contribution in [2.75, 3.05) is 0 Å². The number of carbonyl (C=O) groups is 1. The first-order valence-electron chi connectivity index (χ1n) is 8.63. The van der Waals surface area contributed by atoms with Crippen molar-refractivity contribution in [3.63, 3.8) is 0 Å². The van der Waals surface area contributed by atoms with Gasteiger partial charge in [-0.3, -0.25) is 9.78 Å². The highest BCUT2D eigenvalue weighted by molar-refractivity contribution is 5.95. The third-order valence-electron chi connectivity index (χ3n) is 3.98. The summed E-state index contributed by atoms with van der Waals surface area (Å²) in [6, 6.07) is 15.5. The van der Waals surface area contributed by atoms with Gasteiger partial charge in [0.2, 0.25) is 0 Å². The summed E-state index contributed by atoms with van der Waals surface area (Å²) in [6.45, 7) is 0.311.